The topological polar surface area (TPSA) is 108 Å². The van der Waals surface area contributed by atoms with Crippen molar-refractivity contribution >= 4 is 11.9 Å². The van der Waals surface area contributed by atoms with Gasteiger partial charge in [-0.1, -0.05) is 12.1 Å². The first kappa shape index (κ1) is 11.8. The minimum atomic E-state index is -0.979. The van der Waals surface area contributed by atoms with Gasteiger partial charge in [0.1, 0.15) is 6.33 Å². The van der Waals surface area contributed by atoms with E-state index in [1.165, 1.54) is 18.5 Å². The number of carboxylic acid groups (broad SMARTS) is 1. The number of rotatable bonds is 4. The van der Waals surface area contributed by atoms with Gasteiger partial charge in [0.2, 0.25) is 5.82 Å². The predicted octanol–water partition coefficient (Wildman–Crippen LogP) is 0.433. The van der Waals surface area contributed by atoms with E-state index in [4.69, 9.17) is 5.11 Å². The van der Waals surface area contributed by atoms with Crippen molar-refractivity contribution in [1.29, 1.82) is 0 Å². The molecule has 1 aromatic heterocycles. The molecule has 0 aliphatic rings. The van der Waals surface area contributed by atoms with Crippen molar-refractivity contribution in [3.63, 3.8) is 0 Å². The van der Waals surface area contributed by atoms with E-state index in [0.717, 1.165) is 5.56 Å². The molecule has 0 fully saturated rings. The summed E-state index contributed by atoms with van der Waals surface area (Å²) in [7, 11) is 0. The fourth-order valence-corrected chi connectivity index (χ4v) is 1.35. The average Bonchev–Trinajstić information content (AvgIpc) is 2.90. The molecule has 0 saturated carbocycles. The molecular weight excluding hydrogens is 236 g/mol. The second-order valence-electron chi connectivity index (χ2n) is 3.52. The van der Waals surface area contributed by atoms with Gasteiger partial charge < -0.3 is 10.4 Å². The number of nitrogens with zero attached hydrogens (tertiary/aromatic N) is 2. The Labute approximate surface area is 102 Å². The Morgan fingerprint density at radius 2 is 2.00 bits per heavy atom. The lowest BCUT2D eigenvalue weighted by atomic mass is 10.1. The van der Waals surface area contributed by atoms with Gasteiger partial charge in [-0.15, -0.1) is 0 Å². The van der Waals surface area contributed by atoms with E-state index in [-0.39, 0.29) is 17.3 Å². The molecule has 7 nitrogen and oxygen atoms in total. The van der Waals surface area contributed by atoms with Crippen molar-refractivity contribution in [3.8, 4) is 0 Å². The number of aromatic amines is 1. The van der Waals surface area contributed by atoms with Crippen LogP contribution in [0.3, 0.4) is 0 Å². The lowest BCUT2D eigenvalue weighted by molar-refractivity contribution is 0.0696. The first-order valence-corrected chi connectivity index (χ1v) is 5.12. The molecule has 0 aliphatic carbocycles. The van der Waals surface area contributed by atoms with E-state index in [9.17, 15) is 9.59 Å². The Bertz CT molecular complexity index is 548. The maximum absolute atomic E-state index is 11.5. The van der Waals surface area contributed by atoms with Gasteiger partial charge in [-0.05, 0) is 17.7 Å². The van der Waals surface area contributed by atoms with Gasteiger partial charge in [0.25, 0.3) is 5.91 Å². The van der Waals surface area contributed by atoms with E-state index in [1.807, 2.05) is 0 Å². The van der Waals surface area contributed by atoms with Crippen molar-refractivity contribution in [2.45, 2.75) is 6.54 Å². The van der Waals surface area contributed by atoms with E-state index < -0.39 is 5.97 Å². The minimum absolute atomic E-state index is 0.136. The Morgan fingerprint density at radius 1 is 1.28 bits per heavy atom. The van der Waals surface area contributed by atoms with Crippen LogP contribution >= 0.6 is 0 Å². The molecule has 0 spiro atoms. The van der Waals surface area contributed by atoms with Crippen LogP contribution in [-0.4, -0.2) is 32.2 Å². The van der Waals surface area contributed by atoms with Crippen molar-refractivity contribution < 1.29 is 14.7 Å². The summed E-state index contributed by atoms with van der Waals surface area (Å²) in [6, 6.07) is 6.25. The van der Waals surface area contributed by atoms with Gasteiger partial charge in [0.05, 0.1) is 5.56 Å². The number of aromatic carboxylic acids is 1. The van der Waals surface area contributed by atoms with Gasteiger partial charge in [-0.2, -0.15) is 5.10 Å². The molecule has 0 radical (unpaired) electrons. The van der Waals surface area contributed by atoms with E-state index in [2.05, 4.69) is 20.5 Å². The lowest BCUT2D eigenvalue weighted by Gasteiger charge is -2.03. The van der Waals surface area contributed by atoms with E-state index >= 15 is 0 Å². The summed E-state index contributed by atoms with van der Waals surface area (Å²) in [5.74, 6) is -1.21. The lowest BCUT2D eigenvalue weighted by Crippen LogP contribution is -2.24. The Morgan fingerprint density at radius 3 is 2.56 bits per heavy atom. The fraction of sp³-hybridized carbons (Fsp3) is 0.0909. The number of carbonyl (C=O) groups is 2. The zero-order chi connectivity index (χ0) is 13.0. The number of amides is 1. The van der Waals surface area contributed by atoms with Crippen LogP contribution in [0.1, 0.15) is 26.5 Å². The van der Waals surface area contributed by atoms with Crippen LogP contribution in [0, 0.1) is 0 Å². The second-order valence-corrected chi connectivity index (χ2v) is 3.52. The predicted molar refractivity (Wildman–Crippen MR) is 61.0 cm³/mol. The highest BCUT2D eigenvalue weighted by Gasteiger charge is 2.08. The highest BCUT2D eigenvalue weighted by molar-refractivity contribution is 5.90. The highest BCUT2D eigenvalue weighted by atomic mass is 16.4. The summed E-state index contributed by atoms with van der Waals surface area (Å²) in [6.07, 6.45) is 1.25. The Kier molecular flexibility index (Phi) is 3.33. The molecule has 0 saturated heterocycles. The number of hydrogen-bond donors (Lipinski definition) is 3. The van der Waals surface area contributed by atoms with Crippen molar-refractivity contribution in [2.75, 3.05) is 0 Å². The molecule has 0 atom stereocenters. The summed E-state index contributed by atoms with van der Waals surface area (Å²) < 4.78 is 0. The molecule has 1 heterocycles. The molecule has 1 aromatic carbocycles. The summed E-state index contributed by atoms with van der Waals surface area (Å²) in [5, 5.41) is 17.4. The standard InChI is InChI=1S/C11H10N4O3/c16-10(9-13-6-14-15-9)12-5-7-1-3-8(4-2-7)11(17)18/h1-4,6H,5H2,(H,12,16)(H,17,18)(H,13,14,15). The summed E-state index contributed by atoms with van der Waals surface area (Å²) in [6.45, 7) is 0.291. The third-order valence-corrected chi connectivity index (χ3v) is 2.28. The van der Waals surface area contributed by atoms with Crippen LogP contribution in [0.4, 0.5) is 0 Å². The molecule has 0 unspecified atom stereocenters. The number of aromatic nitrogens is 3. The normalized spacial score (nSPS) is 10.0. The quantitative estimate of drug-likeness (QED) is 0.725. The van der Waals surface area contributed by atoms with E-state index in [1.54, 1.807) is 12.1 Å². The number of hydrogen-bond acceptors (Lipinski definition) is 4. The molecular formula is C11H10N4O3. The zero-order valence-corrected chi connectivity index (χ0v) is 9.25. The van der Waals surface area contributed by atoms with E-state index in [0.29, 0.717) is 6.54 Å². The van der Waals surface area contributed by atoms with Gasteiger partial charge in [0.15, 0.2) is 0 Å². The first-order valence-electron chi connectivity index (χ1n) is 5.12. The van der Waals surface area contributed by atoms with Crippen LogP contribution in [-0.2, 0) is 6.54 Å². The summed E-state index contributed by atoms with van der Waals surface area (Å²) in [5.41, 5.74) is 1.01. The zero-order valence-electron chi connectivity index (χ0n) is 9.25. The highest BCUT2D eigenvalue weighted by Crippen LogP contribution is 2.04. The van der Waals surface area contributed by atoms with Gasteiger partial charge in [0, 0.05) is 6.54 Å². The average molecular weight is 246 g/mol. The van der Waals surface area contributed by atoms with Crippen LogP contribution < -0.4 is 5.32 Å². The Balaban J connectivity index is 1.94. The number of carbonyl (C=O) groups excluding carboxylic acids is 1. The third kappa shape index (κ3) is 2.70. The maximum Gasteiger partial charge on any atom is 0.335 e. The SMILES string of the molecule is O=C(O)c1ccc(CNC(=O)c2ncn[nH]2)cc1. The van der Waals surface area contributed by atoms with Crippen molar-refractivity contribution in [2.24, 2.45) is 0 Å². The monoisotopic (exact) mass is 246 g/mol. The number of carboxylic acids is 1. The second kappa shape index (κ2) is 5.09. The van der Waals surface area contributed by atoms with Crippen LogP contribution in [0.2, 0.25) is 0 Å². The first-order chi connectivity index (χ1) is 8.66. The number of benzene rings is 1. The Hall–Kier alpha value is -2.70. The molecule has 3 N–H and O–H groups in total. The molecule has 2 rings (SSSR count). The molecule has 2 aromatic rings. The summed E-state index contributed by atoms with van der Waals surface area (Å²) >= 11 is 0. The molecule has 0 bridgehead atoms. The minimum Gasteiger partial charge on any atom is -0.478 e. The fourth-order valence-electron chi connectivity index (χ4n) is 1.35. The smallest absolute Gasteiger partial charge is 0.335 e. The van der Waals surface area contributed by atoms with Crippen molar-refractivity contribution in [1.82, 2.24) is 20.5 Å². The largest absolute Gasteiger partial charge is 0.478 e. The molecule has 7 heteroatoms. The van der Waals surface area contributed by atoms with Crippen LogP contribution in [0.5, 0.6) is 0 Å². The van der Waals surface area contributed by atoms with Gasteiger partial charge >= 0.3 is 5.97 Å². The third-order valence-electron chi connectivity index (χ3n) is 2.28. The van der Waals surface area contributed by atoms with Gasteiger partial charge in [-0.3, -0.25) is 9.89 Å². The summed E-state index contributed by atoms with van der Waals surface area (Å²) in [4.78, 5) is 25.9. The molecule has 1 amide bonds. The number of nitrogens with one attached hydrogen (secondary N) is 2. The van der Waals surface area contributed by atoms with Crippen LogP contribution in [0.25, 0.3) is 0 Å². The van der Waals surface area contributed by atoms with Gasteiger partial charge in [-0.25, -0.2) is 9.78 Å². The number of H-pyrrole nitrogens is 1. The van der Waals surface area contributed by atoms with Crippen LogP contribution in [0.15, 0.2) is 30.6 Å². The molecule has 92 valence electrons. The van der Waals surface area contributed by atoms with Crippen molar-refractivity contribution in [3.05, 3.63) is 47.5 Å². The molecule has 0 aliphatic heterocycles. The maximum atomic E-state index is 11.5. The molecule has 18 heavy (non-hydrogen) atoms.